The number of halogens is 2. The lowest BCUT2D eigenvalue weighted by Gasteiger charge is -2.02. The number of alkyl halides is 1. The molecule has 0 aliphatic rings. The Morgan fingerprint density at radius 3 is 2.64 bits per heavy atom. The second-order valence-corrected chi connectivity index (χ2v) is 2.33. The van der Waals surface area contributed by atoms with Gasteiger partial charge in [-0.05, 0) is 30.7 Å². The zero-order valence-corrected chi connectivity index (χ0v) is 6.20. The van der Waals surface area contributed by atoms with E-state index in [2.05, 4.69) is 5.32 Å². The largest absolute Gasteiger partial charge is 0.358 e. The number of anilines is 1. The number of rotatable bonds is 2. The van der Waals surface area contributed by atoms with Gasteiger partial charge in [0, 0.05) is 5.69 Å². The van der Waals surface area contributed by atoms with E-state index in [1.807, 2.05) is 0 Å². The number of hydrogen-bond acceptors (Lipinski definition) is 1. The summed E-state index contributed by atoms with van der Waals surface area (Å²) in [4.78, 5) is 0. The lowest BCUT2D eigenvalue weighted by atomic mass is 10.2. The fraction of sp³-hybridized carbons (Fsp3) is 0.250. The summed E-state index contributed by atoms with van der Waals surface area (Å²) in [6.45, 7) is 1.08. The minimum Gasteiger partial charge on any atom is -0.358 e. The molecule has 0 aromatic heterocycles. The van der Waals surface area contributed by atoms with Crippen LogP contribution >= 0.6 is 0 Å². The summed E-state index contributed by atoms with van der Waals surface area (Å²) in [5, 5.41) is 2.38. The number of nitrogens with one attached hydrogen (secondary N) is 1. The van der Waals surface area contributed by atoms with E-state index < -0.39 is 6.80 Å². The van der Waals surface area contributed by atoms with E-state index in [1.54, 1.807) is 13.0 Å². The standard InChI is InChI=1S/C8H9F2N/c1-6-2-7(10)4-8(3-6)11-5-9/h2-4,11H,5H2,1H3. The van der Waals surface area contributed by atoms with E-state index in [1.165, 1.54) is 12.1 Å². The Labute approximate surface area is 64.0 Å². The first-order valence-electron chi connectivity index (χ1n) is 3.29. The van der Waals surface area contributed by atoms with Gasteiger partial charge in [-0.25, -0.2) is 8.78 Å². The molecular formula is C8H9F2N. The molecule has 0 saturated heterocycles. The molecule has 0 atom stereocenters. The Hall–Kier alpha value is -1.12. The van der Waals surface area contributed by atoms with Gasteiger partial charge in [-0.15, -0.1) is 0 Å². The van der Waals surface area contributed by atoms with E-state index in [-0.39, 0.29) is 5.82 Å². The van der Waals surface area contributed by atoms with Gasteiger partial charge in [-0.1, -0.05) is 0 Å². The van der Waals surface area contributed by atoms with Crippen LogP contribution in [0.2, 0.25) is 0 Å². The Bertz CT molecular complexity index is 228. The Balaban J connectivity index is 2.89. The third-order valence-electron chi connectivity index (χ3n) is 1.31. The van der Waals surface area contributed by atoms with E-state index >= 15 is 0 Å². The second kappa shape index (κ2) is 3.32. The number of benzene rings is 1. The van der Waals surface area contributed by atoms with Gasteiger partial charge in [0.05, 0.1) is 0 Å². The highest BCUT2D eigenvalue weighted by atomic mass is 19.1. The first-order valence-corrected chi connectivity index (χ1v) is 3.29. The van der Waals surface area contributed by atoms with Crippen molar-refractivity contribution in [1.82, 2.24) is 0 Å². The summed E-state index contributed by atoms with van der Waals surface area (Å²) in [7, 11) is 0. The average molecular weight is 157 g/mol. The monoisotopic (exact) mass is 157 g/mol. The Morgan fingerprint density at radius 1 is 1.36 bits per heavy atom. The molecular weight excluding hydrogens is 148 g/mol. The normalized spacial score (nSPS) is 9.73. The average Bonchev–Trinajstić information content (AvgIpc) is 1.85. The molecule has 0 bridgehead atoms. The minimum absolute atomic E-state index is 0.346. The molecule has 0 unspecified atom stereocenters. The molecule has 0 fully saturated rings. The smallest absolute Gasteiger partial charge is 0.159 e. The summed E-state index contributed by atoms with van der Waals surface area (Å²) in [6, 6.07) is 4.33. The molecule has 0 aliphatic carbocycles. The fourth-order valence-corrected chi connectivity index (χ4v) is 0.916. The van der Waals surface area contributed by atoms with Crippen LogP contribution in [0.25, 0.3) is 0 Å². The molecule has 0 heterocycles. The highest BCUT2D eigenvalue weighted by Crippen LogP contribution is 2.12. The minimum atomic E-state index is -0.678. The lowest BCUT2D eigenvalue weighted by Crippen LogP contribution is -1.95. The molecule has 1 rings (SSSR count). The highest BCUT2D eigenvalue weighted by Gasteiger charge is 1.95. The summed E-state index contributed by atoms with van der Waals surface area (Å²) in [5.74, 6) is -0.346. The maximum Gasteiger partial charge on any atom is 0.159 e. The number of hydrogen-bond donors (Lipinski definition) is 1. The van der Waals surface area contributed by atoms with Crippen molar-refractivity contribution in [1.29, 1.82) is 0 Å². The van der Waals surface area contributed by atoms with E-state index in [0.717, 1.165) is 5.56 Å². The zero-order valence-electron chi connectivity index (χ0n) is 6.20. The van der Waals surface area contributed by atoms with Crippen molar-refractivity contribution < 1.29 is 8.78 Å². The summed E-state index contributed by atoms with van der Waals surface area (Å²) < 4.78 is 24.3. The van der Waals surface area contributed by atoms with Gasteiger partial charge in [-0.2, -0.15) is 0 Å². The highest BCUT2D eigenvalue weighted by molar-refractivity contribution is 5.45. The van der Waals surface area contributed by atoms with Gasteiger partial charge in [-0.3, -0.25) is 0 Å². The molecule has 0 aliphatic heterocycles. The van der Waals surface area contributed by atoms with Gasteiger partial charge in [0.25, 0.3) is 0 Å². The molecule has 0 saturated carbocycles. The zero-order chi connectivity index (χ0) is 8.27. The van der Waals surface area contributed by atoms with Gasteiger partial charge in [0.1, 0.15) is 5.82 Å². The molecule has 3 heteroatoms. The van der Waals surface area contributed by atoms with E-state index in [4.69, 9.17) is 0 Å². The maximum atomic E-state index is 12.6. The van der Waals surface area contributed by atoms with E-state index in [0.29, 0.717) is 5.69 Å². The molecule has 11 heavy (non-hydrogen) atoms. The summed E-state index contributed by atoms with van der Waals surface area (Å²) in [6.07, 6.45) is 0. The molecule has 1 nitrogen and oxygen atoms in total. The SMILES string of the molecule is Cc1cc(F)cc(NCF)c1. The van der Waals surface area contributed by atoms with Crippen LogP contribution in [0, 0.1) is 12.7 Å². The van der Waals surface area contributed by atoms with Crippen LogP contribution in [-0.2, 0) is 0 Å². The molecule has 0 radical (unpaired) electrons. The third kappa shape index (κ3) is 2.18. The number of aryl methyl sites for hydroxylation is 1. The van der Waals surface area contributed by atoms with Crippen molar-refractivity contribution >= 4 is 5.69 Å². The topological polar surface area (TPSA) is 12.0 Å². The van der Waals surface area contributed by atoms with E-state index in [9.17, 15) is 8.78 Å². The molecule has 1 aromatic carbocycles. The lowest BCUT2D eigenvalue weighted by molar-refractivity contribution is 0.536. The van der Waals surface area contributed by atoms with Crippen LogP contribution < -0.4 is 5.32 Å². The summed E-state index contributed by atoms with van der Waals surface area (Å²) in [5.41, 5.74) is 1.26. The van der Waals surface area contributed by atoms with Crippen LogP contribution in [0.5, 0.6) is 0 Å². The molecule has 1 N–H and O–H groups in total. The Morgan fingerprint density at radius 2 is 2.09 bits per heavy atom. The predicted molar refractivity (Wildman–Crippen MR) is 40.7 cm³/mol. The van der Waals surface area contributed by atoms with Gasteiger partial charge in [0.15, 0.2) is 6.80 Å². The molecule has 60 valence electrons. The van der Waals surface area contributed by atoms with Crippen LogP contribution in [0.15, 0.2) is 18.2 Å². The quantitative estimate of drug-likeness (QED) is 0.650. The van der Waals surface area contributed by atoms with Crippen LogP contribution in [0.3, 0.4) is 0 Å². The maximum absolute atomic E-state index is 12.6. The molecule has 0 amide bonds. The third-order valence-corrected chi connectivity index (χ3v) is 1.31. The van der Waals surface area contributed by atoms with Crippen LogP contribution in [0.4, 0.5) is 14.5 Å². The van der Waals surface area contributed by atoms with Crippen LogP contribution in [0.1, 0.15) is 5.56 Å². The van der Waals surface area contributed by atoms with Crippen molar-refractivity contribution in [3.63, 3.8) is 0 Å². The van der Waals surface area contributed by atoms with Gasteiger partial charge >= 0.3 is 0 Å². The first kappa shape index (κ1) is 7.98. The summed E-state index contributed by atoms with van der Waals surface area (Å²) >= 11 is 0. The van der Waals surface area contributed by atoms with Crippen molar-refractivity contribution in [3.05, 3.63) is 29.6 Å². The van der Waals surface area contributed by atoms with Gasteiger partial charge in [0.2, 0.25) is 0 Å². The fourth-order valence-electron chi connectivity index (χ4n) is 0.916. The van der Waals surface area contributed by atoms with Crippen molar-refractivity contribution in [2.24, 2.45) is 0 Å². The molecule has 0 spiro atoms. The van der Waals surface area contributed by atoms with Crippen molar-refractivity contribution in [3.8, 4) is 0 Å². The van der Waals surface area contributed by atoms with Crippen molar-refractivity contribution in [2.75, 3.05) is 12.1 Å². The second-order valence-electron chi connectivity index (χ2n) is 2.33. The molecule has 1 aromatic rings. The predicted octanol–water partition coefficient (Wildman–Crippen LogP) is 2.47. The van der Waals surface area contributed by atoms with Gasteiger partial charge < -0.3 is 5.32 Å². The van der Waals surface area contributed by atoms with Crippen molar-refractivity contribution in [2.45, 2.75) is 6.92 Å². The first-order chi connectivity index (χ1) is 5.22. The van der Waals surface area contributed by atoms with Crippen LogP contribution in [-0.4, -0.2) is 6.80 Å². The Kier molecular flexibility index (Phi) is 2.41.